The van der Waals surface area contributed by atoms with Gasteiger partial charge in [-0.3, -0.25) is 4.79 Å². The number of amides is 1. The molecule has 0 aliphatic rings. The van der Waals surface area contributed by atoms with Gasteiger partial charge in [0.05, 0.1) is 6.57 Å². The molecule has 1 rings (SSSR count). The molecule has 0 fully saturated rings. The molecule has 0 unspecified atom stereocenters. The zero-order valence-corrected chi connectivity index (χ0v) is 63.9. The maximum absolute atomic E-state index is 12.0. The van der Waals surface area contributed by atoms with Gasteiger partial charge < -0.3 is 5.32 Å². The van der Waals surface area contributed by atoms with E-state index in [1.807, 2.05) is 279 Å². The molecule has 0 aliphatic carbocycles. The van der Waals surface area contributed by atoms with Crippen LogP contribution in [0.4, 0.5) is 11.5 Å². The second-order valence-corrected chi connectivity index (χ2v) is 80.1. The Balaban J connectivity index is 0.00000157. The lowest BCUT2D eigenvalue weighted by Gasteiger charge is -2.21. The van der Waals surface area contributed by atoms with Gasteiger partial charge in [-0.15, -0.1) is 0 Å². The lowest BCUT2D eigenvalue weighted by atomic mass is 9.91. The van der Waals surface area contributed by atoms with Crippen molar-refractivity contribution in [3.05, 3.63) is 29.2 Å². The molecule has 1 aromatic rings. The summed E-state index contributed by atoms with van der Waals surface area (Å²) in [4.78, 5) is 19.8. The van der Waals surface area contributed by atoms with Gasteiger partial charge >= 0.3 is 0 Å². The molecule has 61 heavy (non-hydrogen) atoms. The monoisotopic (exact) mass is 1600 g/mol. The van der Waals surface area contributed by atoms with Crippen molar-refractivity contribution in [1.82, 2.24) is 4.98 Å². The first-order valence-corrected chi connectivity index (χ1v) is 67.8. The van der Waals surface area contributed by atoms with Crippen molar-refractivity contribution in [2.45, 2.75) is 47.0 Å². The first-order chi connectivity index (χ1) is 29.5. The molecule has 0 spiro atoms. The summed E-state index contributed by atoms with van der Waals surface area (Å²) in [6.45, 7) is 18.8. The summed E-state index contributed by atoms with van der Waals surface area (Å²) in [6, 6.07) is 3.54. The second kappa shape index (κ2) is 50.9. The van der Waals surface area contributed by atoms with E-state index in [1.165, 1.54) is 17.8 Å². The third-order valence-corrected chi connectivity index (χ3v) is 90.4. The second-order valence-electron chi connectivity index (χ2n) is 9.35. The number of hydrogen-bond donors (Lipinski definition) is 1. The Hall–Kier alpha value is 7.35. The number of pyridine rings is 1. The molecular weight excluding hydrogens is 1580 g/mol. The molecule has 0 radical (unpaired) electrons. The molecule has 1 heterocycles. The zero-order chi connectivity index (χ0) is 45.1. The van der Waals surface area contributed by atoms with E-state index in [4.69, 9.17) is 28.9 Å². The van der Waals surface area contributed by atoms with Gasteiger partial charge in [0.1, 0.15) is 5.82 Å². The Morgan fingerprint density at radius 2 is 0.689 bits per heavy atom. The average molecular weight is 1610 g/mol. The molecular formula is C15H21N3OS42. The number of rotatable bonds is 1. The van der Waals surface area contributed by atoms with Gasteiger partial charge in [0.15, 0.2) is 0 Å². The van der Waals surface area contributed by atoms with E-state index < -0.39 is 5.41 Å². The van der Waals surface area contributed by atoms with Crippen LogP contribution in [-0.2, 0) is 388 Å². The molecule has 0 saturated heterocycles. The zero-order valence-electron chi connectivity index (χ0n) is 29.6. The number of aromatic nitrogens is 1. The third-order valence-electron chi connectivity index (χ3n) is 3.76. The first kappa shape index (κ1) is 68.4. The van der Waals surface area contributed by atoms with E-state index in [2.05, 4.69) is 15.1 Å². The van der Waals surface area contributed by atoms with Crippen LogP contribution in [-0.4, -0.2) is 10.9 Å². The lowest BCUT2D eigenvalue weighted by molar-refractivity contribution is -0.123. The van der Waals surface area contributed by atoms with E-state index in [-0.39, 0.29) is 11.3 Å². The summed E-state index contributed by atoms with van der Waals surface area (Å²) in [6.07, 6.45) is 0. The minimum absolute atomic E-state index is 0.123. The van der Waals surface area contributed by atoms with Gasteiger partial charge in [0, 0.05) is 394 Å². The third kappa shape index (κ3) is 48.1. The fraction of sp³-hybridized carbons (Fsp3) is 0.533. The summed E-state index contributed by atoms with van der Waals surface area (Å²) in [7, 11) is 71.1. The van der Waals surface area contributed by atoms with Crippen LogP contribution >= 0.6 is 0 Å². The van der Waals surface area contributed by atoms with Gasteiger partial charge in [-0.2, -0.15) is 0 Å². The van der Waals surface area contributed by atoms with E-state index in [1.54, 1.807) is 113 Å². The first-order valence-electron chi connectivity index (χ1n) is 13.1. The topological polar surface area (TPSA) is 46.4 Å². The van der Waals surface area contributed by atoms with Crippen LogP contribution in [0, 0.1) is 12.0 Å². The Kier molecular flexibility index (Phi) is 57.0. The Labute approximate surface area is 479 Å². The van der Waals surface area contributed by atoms with Crippen molar-refractivity contribution >= 4 is 395 Å². The number of carbonyl (C=O) groups excluding carboxylic acids is 1. The Morgan fingerprint density at radius 1 is 0.459 bits per heavy atom. The van der Waals surface area contributed by atoms with Gasteiger partial charge in [0.2, 0.25) is 11.6 Å². The van der Waals surface area contributed by atoms with Crippen LogP contribution in [0.2, 0.25) is 0 Å². The predicted molar refractivity (Wildman–Crippen MR) is 387 cm³/mol. The van der Waals surface area contributed by atoms with Crippen molar-refractivity contribution < 1.29 is 4.79 Å². The van der Waals surface area contributed by atoms with E-state index in [0.717, 1.165) is 5.69 Å². The number of nitrogens with zero attached hydrogens (tertiary/aromatic N) is 2. The van der Waals surface area contributed by atoms with Crippen LogP contribution in [0.15, 0.2) is 12.1 Å². The van der Waals surface area contributed by atoms with Crippen molar-refractivity contribution in [1.29, 1.82) is 0 Å². The molecule has 0 saturated carbocycles. The molecule has 0 bridgehead atoms. The highest BCUT2D eigenvalue weighted by atomic mass is 33.5. The average Bonchev–Trinajstić information content (AvgIpc) is 3.22. The highest BCUT2D eigenvalue weighted by Gasteiger charge is 2.24. The van der Waals surface area contributed by atoms with Crippen molar-refractivity contribution in [2.75, 3.05) is 5.32 Å². The van der Waals surface area contributed by atoms with Gasteiger partial charge in [-0.1, -0.05) is 53.7 Å². The molecule has 0 aromatic carbocycles. The lowest BCUT2D eigenvalue weighted by Crippen LogP contribution is -2.28. The molecule has 46 heteroatoms. The minimum Gasteiger partial charge on any atom is -0.319 e. The minimum atomic E-state index is -0.515. The summed E-state index contributed by atoms with van der Waals surface area (Å²) < 4.78 is 0. The fourth-order valence-corrected chi connectivity index (χ4v) is 106. The molecule has 0 aliphatic heterocycles. The van der Waals surface area contributed by atoms with Crippen LogP contribution in [0.5, 0.6) is 0 Å². The number of anilines is 1. The maximum Gasteiger partial charge on any atom is 0.229 e. The molecule has 1 N–H and O–H groups in total. The molecule has 4 nitrogen and oxygen atoms in total. The van der Waals surface area contributed by atoms with Crippen LogP contribution in [0.1, 0.15) is 47.2 Å². The van der Waals surface area contributed by atoms with Crippen molar-refractivity contribution in [2.24, 2.45) is 5.41 Å². The van der Waals surface area contributed by atoms with E-state index in [9.17, 15) is 4.79 Å². The number of carbonyl (C=O) groups is 1. The Bertz CT molecular complexity index is 3500. The van der Waals surface area contributed by atoms with Gasteiger partial charge in [-0.05, 0) is 0 Å². The molecule has 1 amide bonds. The van der Waals surface area contributed by atoms with Crippen molar-refractivity contribution in [3.8, 4) is 0 Å². The SMILES string of the molecule is S=S=S=S=S=S=S=S=S=S=S=S=S=S=S=S=S=S=S=S=S=S=S=S=S=S=S=S=S=S=S=S=S=S=S=S=S=S=S=S=S=S.[C-]#[N+]c1ccc(C(C)(C)C)nc1NC(=O)C(C)(C)C. The molecule has 1 aromatic heterocycles. The van der Waals surface area contributed by atoms with E-state index >= 15 is 0 Å². The standard InChI is InChI=1S/C15H21N3O.S42/c1-14(2,3)11-9-8-10(16-7)12(17-11)18-13(19)15(4,5)6;1-3-5-7-9-11-13-15-17-19-21-23-25-27-29-31-33-35-37-39-41-42-40-38-36-34-32-30-28-26-24-22-20-18-16-14-12-10-8-6-4-2/h8-9H,1-6H3,(H,17,18,19);. The maximum atomic E-state index is 12.0. The summed E-state index contributed by atoms with van der Waals surface area (Å²) >= 11 is 9.61. The predicted octanol–water partition coefficient (Wildman–Crippen LogP) is 3.81. The van der Waals surface area contributed by atoms with Gasteiger partial charge in [-0.25, -0.2) is 9.83 Å². The highest BCUT2D eigenvalue weighted by Crippen LogP contribution is 2.29. The van der Waals surface area contributed by atoms with Crippen LogP contribution in [0.3, 0.4) is 0 Å². The summed E-state index contributed by atoms with van der Waals surface area (Å²) in [5, 5.41) is 2.75. The van der Waals surface area contributed by atoms with Crippen LogP contribution in [0.25, 0.3) is 4.85 Å². The number of hydrogen-bond acceptors (Lipinski definition) is 4. The summed E-state index contributed by atoms with van der Waals surface area (Å²) in [5.74, 6) is 0.207. The highest BCUT2D eigenvalue weighted by molar-refractivity contribution is 8.81. The fourth-order valence-electron chi connectivity index (χ4n) is 1.78. The van der Waals surface area contributed by atoms with E-state index in [0.29, 0.717) is 11.5 Å². The number of nitrogens with one attached hydrogen (secondary N) is 1. The van der Waals surface area contributed by atoms with Crippen LogP contribution < -0.4 is 5.32 Å². The Morgan fingerprint density at radius 3 is 0.869 bits per heavy atom. The summed E-state index contributed by atoms with van der Waals surface area (Å²) in [5.41, 5.74) is 0.579. The van der Waals surface area contributed by atoms with Gasteiger partial charge in [0.25, 0.3) is 0 Å². The quantitative estimate of drug-likeness (QED) is 0.436. The largest absolute Gasteiger partial charge is 0.319 e. The molecule has 354 valence electrons. The van der Waals surface area contributed by atoms with Crippen molar-refractivity contribution in [3.63, 3.8) is 0 Å². The normalized spacial score (nSPS) is 9.00. The molecule has 0 atom stereocenters. The smallest absolute Gasteiger partial charge is 0.229 e.